The van der Waals surface area contributed by atoms with E-state index in [9.17, 15) is 76.7 Å². The van der Waals surface area contributed by atoms with Crippen LogP contribution in [0.15, 0.2) is 97.1 Å². The molecule has 0 aromatic heterocycles. The number of nitrogens with one attached hydrogen (secondary N) is 3. The van der Waals surface area contributed by atoms with E-state index in [0.717, 1.165) is 130 Å². The minimum Gasteiger partial charge on any atom is -0.475 e. The van der Waals surface area contributed by atoms with Gasteiger partial charge in [-0.15, -0.1) is 0 Å². The van der Waals surface area contributed by atoms with Gasteiger partial charge in [-0.25, -0.2) is 19.2 Å². The molecule has 538 valence electrons. The summed E-state index contributed by atoms with van der Waals surface area (Å²) in [6.45, 7) is 9.00. The fourth-order valence-corrected chi connectivity index (χ4v) is 11.3. The first-order chi connectivity index (χ1) is 46.9. The van der Waals surface area contributed by atoms with E-state index in [2.05, 4.69) is 35.6 Å². The Morgan fingerprint density at radius 1 is 0.469 bits per heavy atom. The van der Waals surface area contributed by atoms with Gasteiger partial charge in [0, 0.05) is 35.3 Å². The van der Waals surface area contributed by atoms with Crippen molar-refractivity contribution in [3.05, 3.63) is 108 Å². The molecular weight excluding hydrogens is 1330 g/mol. The number of likely N-dealkylation sites (tertiary alicyclic amines) is 2. The summed E-state index contributed by atoms with van der Waals surface area (Å²) in [5.41, 5.74) is 4.80. The smallest absolute Gasteiger partial charge is 0.475 e. The summed E-state index contributed by atoms with van der Waals surface area (Å²) in [6.07, 6.45) is -10.6. The summed E-state index contributed by atoms with van der Waals surface area (Å²) in [7, 11) is 0. The number of unbranched alkanes of at least 4 members (excludes halogenated alkanes) is 2. The maximum Gasteiger partial charge on any atom is 0.490 e. The highest BCUT2D eigenvalue weighted by Gasteiger charge is 2.41. The van der Waals surface area contributed by atoms with Gasteiger partial charge in [-0.2, -0.15) is 52.7 Å². The molecular formula is C64H75F12N9O13. The van der Waals surface area contributed by atoms with Gasteiger partial charge in [0.2, 0.25) is 17.7 Å². The summed E-state index contributed by atoms with van der Waals surface area (Å²) in [5.74, 6) is -10.7. The normalized spacial score (nSPS) is 17.3. The van der Waals surface area contributed by atoms with Crippen LogP contribution >= 0.6 is 0 Å². The number of carbonyl (C=O) groups excluding carboxylic acids is 5. The molecule has 0 aliphatic carbocycles. The summed E-state index contributed by atoms with van der Waals surface area (Å²) in [4.78, 5) is 115. The monoisotopic (exact) mass is 1410 g/mol. The molecule has 1 atom stereocenters. The van der Waals surface area contributed by atoms with Crippen LogP contribution in [-0.4, -0.2) is 203 Å². The highest BCUT2D eigenvalue weighted by molar-refractivity contribution is 6.19. The first-order valence-electron chi connectivity index (χ1n) is 31.9. The number of amides is 5. The highest BCUT2D eigenvalue weighted by Crippen LogP contribution is 2.40. The molecule has 5 aliphatic heterocycles. The average molecular weight is 1410 g/mol. The summed E-state index contributed by atoms with van der Waals surface area (Å²) in [6, 6.07) is 29.4. The van der Waals surface area contributed by atoms with Crippen LogP contribution < -0.4 is 25.8 Å². The first kappa shape index (κ1) is 76.5. The van der Waals surface area contributed by atoms with Crippen molar-refractivity contribution >= 4 is 87.5 Å². The molecule has 3 saturated heterocycles. The second-order valence-electron chi connectivity index (χ2n) is 23.1. The van der Waals surface area contributed by atoms with E-state index in [0.29, 0.717) is 57.1 Å². The summed E-state index contributed by atoms with van der Waals surface area (Å²) in [5, 5.41) is 37.6. The van der Waals surface area contributed by atoms with Crippen molar-refractivity contribution in [1.82, 2.24) is 24.9 Å². The number of para-hydroxylation sites is 6. The number of hydrogen-bond acceptors (Lipinski definition) is 13. The number of alkyl halides is 12. The Hall–Kier alpha value is -8.89. The van der Waals surface area contributed by atoms with Gasteiger partial charge in [-0.3, -0.25) is 53.4 Å². The molecule has 22 nitrogen and oxygen atoms in total. The van der Waals surface area contributed by atoms with E-state index in [1.807, 2.05) is 84.9 Å². The van der Waals surface area contributed by atoms with Gasteiger partial charge in [0.25, 0.3) is 11.8 Å². The van der Waals surface area contributed by atoms with Crippen molar-refractivity contribution in [3.8, 4) is 0 Å². The van der Waals surface area contributed by atoms with Gasteiger partial charge in [-0.1, -0.05) is 81.1 Å². The molecule has 0 bridgehead atoms. The average Bonchev–Trinajstić information content (AvgIpc) is 1.61. The number of rotatable bonds is 16. The molecule has 5 heterocycles. The Kier molecular flexibility index (Phi) is 28.6. The first-order valence-corrected chi connectivity index (χ1v) is 30.7. The zero-order valence-electron chi connectivity index (χ0n) is 54.5. The van der Waals surface area contributed by atoms with E-state index >= 15 is 0 Å². The summed E-state index contributed by atoms with van der Waals surface area (Å²) < 4.78 is 143. The number of fused-ring (bicyclic) bond motifs is 4. The molecule has 3 fully saturated rings. The van der Waals surface area contributed by atoms with Crippen LogP contribution in [0.1, 0.15) is 101 Å². The fraction of sp³-hybridized carbons (Fsp3) is 0.484. The lowest BCUT2D eigenvalue weighted by Gasteiger charge is -2.33. The molecule has 0 saturated carbocycles. The predicted molar refractivity (Wildman–Crippen MR) is 332 cm³/mol. The molecule has 0 spiro atoms. The number of anilines is 6. The number of benzene rings is 4. The lowest BCUT2D eigenvalue weighted by atomic mass is 9.91. The Bertz CT molecular complexity index is 3190. The van der Waals surface area contributed by atoms with E-state index in [1.165, 1.54) is 0 Å². The molecule has 5 aliphatic rings. The van der Waals surface area contributed by atoms with Crippen molar-refractivity contribution in [2.75, 3.05) is 99.0 Å². The number of halogens is 12. The number of carbonyl (C=O) groups is 9. The Morgan fingerprint density at radius 3 is 1.09 bits per heavy atom. The number of carboxylic acid groups (broad SMARTS) is 4. The zero-order chi connectivity index (χ0) is 74.3. The van der Waals surface area contributed by atoms with Crippen LogP contribution in [-0.2, 0) is 33.6 Å². The summed E-state index contributed by atoms with van der Waals surface area (Å²) >= 11 is 0. The van der Waals surface area contributed by atoms with Crippen LogP contribution in [0.4, 0.5) is 86.8 Å². The number of piperidine rings is 2. The third-order valence-corrected chi connectivity index (χ3v) is 16.1. The third kappa shape index (κ3) is 25.2. The maximum atomic E-state index is 14.0. The van der Waals surface area contributed by atoms with Crippen molar-refractivity contribution in [2.45, 2.75) is 108 Å². The Morgan fingerprint density at radius 2 is 0.776 bits per heavy atom. The SMILES string of the molecule is O=C(O)C(F)(F)F.O=C(O)C(F)(F)F.O=C(O)C(F)(F)F.O=C(O)C(F)(F)F.[3H]CC([3H])C(=O)NC1CN(CCCCC2CCN(CC(=O)N3c4ccccc4NC(=O)c4ccccc43)CC2)CCN(CCCCC2CCN(CC(=O)N3c4ccccc4NC(=O)c4ccccc43)CC2)C1. The Balaban J connectivity index is 0.000000540. The minimum atomic E-state index is -5.08. The van der Waals surface area contributed by atoms with Crippen molar-refractivity contribution < 1.29 is 119 Å². The van der Waals surface area contributed by atoms with Crippen molar-refractivity contribution in [2.24, 2.45) is 11.8 Å². The second-order valence-corrected chi connectivity index (χ2v) is 23.1. The lowest BCUT2D eigenvalue weighted by Crippen LogP contribution is -2.46. The highest BCUT2D eigenvalue weighted by atomic mass is 19.4. The van der Waals surface area contributed by atoms with Gasteiger partial charge in [-0.05, 0) is 138 Å². The topological polar surface area (TPSA) is 290 Å². The number of nitrogens with zero attached hydrogens (tertiary/aromatic N) is 6. The van der Waals surface area contributed by atoms with Crippen LogP contribution in [0.5, 0.6) is 0 Å². The van der Waals surface area contributed by atoms with Crippen molar-refractivity contribution in [1.29, 1.82) is 0 Å². The van der Waals surface area contributed by atoms with Gasteiger partial charge in [0.15, 0.2) is 0 Å². The van der Waals surface area contributed by atoms with E-state index in [1.54, 1.807) is 21.9 Å². The van der Waals surface area contributed by atoms with Crippen molar-refractivity contribution in [3.63, 3.8) is 0 Å². The lowest BCUT2D eigenvalue weighted by molar-refractivity contribution is -0.193. The Labute approximate surface area is 557 Å². The molecule has 7 N–H and O–H groups in total. The molecule has 1 unspecified atom stereocenters. The maximum absolute atomic E-state index is 14.0. The molecule has 0 radical (unpaired) electrons. The van der Waals surface area contributed by atoms with Gasteiger partial charge >= 0.3 is 48.6 Å². The number of hydrogen-bond donors (Lipinski definition) is 7. The molecule has 4 aromatic carbocycles. The molecule has 5 amide bonds. The van der Waals surface area contributed by atoms with E-state index in [4.69, 9.17) is 42.3 Å². The van der Waals surface area contributed by atoms with E-state index in [-0.39, 0.29) is 55.6 Å². The molecule has 34 heteroatoms. The quantitative estimate of drug-likeness (QED) is 0.0405. The van der Waals surface area contributed by atoms with Gasteiger partial charge in [0.05, 0.1) is 64.4 Å². The van der Waals surface area contributed by atoms with Crippen LogP contribution in [0.3, 0.4) is 0 Å². The standard InChI is InChI=1S/C56H71N9O5.4C2HF3O2/c1-2-52(66)57-43-37-60(29-13-11-15-41-25-31-62(32-26-41)39-53(67)64-48-21-7-3-17-44(48)55(69)58-46-19-5-9-23-50(46)64)35-36-61(38-43)30-14-12-16-42-27-33-63(34-28-42)40-54(68)65-49-22-8-4-18-45(49)56(70)59-47-20-6-10-24-51(47)65;4*3-2(4,5)1(6)7/h3-10,17-24,41-43H,2,11-16,25-40H2,1H3,(H,57,66)(H,58,69)(H,59,70);4*(H,6,7)/i1T,2T;;;;. The molecule has 98 heavy (non-hydrogen) atoms. The van der Waals surface area contributed by atoms with Crippen LogP contribution in [0.2, 0.25) is 0 Å². The van der Waals surface area contributed by atoms with Gasteiger partial charge in [0.1, 0.15) is 0 Å². The number of carboxylic acids is 4. The minimum absolute atomic E-state index is 0.0458. The predicted octanol–water partition coefficient (Wildman–Crippen LogP) is 10.7. The zero-order valence-corrected chi connectivity index (χ0v) is 52.5. The molecule has 9 rings (SSSR count). The molecule has 4 aromatic rings. The van der Waals surface area contributed by atoms with Gasteiger partial charge < -0.3 is 36.4 Å². The number of aliphatic carboxylic acids is 4. The third-order valence-electron chi connectivity index (χ3n) is 16.1. The largest absolute Gasteiger partial charge is 0.490 e. The fourth-order valence-electron chi connectivity index (χ4n) is 11.3. The second kappa shape index (κ2) is 36.6. The van der Waals surface area contributed by atoms with Crippen LogP contribution in [0.25, 0.3) is 0 Å². The van der Waals surface area contributed by atoms with Crippen LogP contribution in [0, 0.1) is 11.8 Å². The van der Waals surface area contributed by atoms with E-state index < -0.39 is 55.0 Å².